The van der Waals surface area contributed by atoms with Crippen LogP contribution in [0, 0.1) is 29.6 Å². The largest absolute Gasteiger partial charge is 0.497 e. The molecule has 12 heteroatoms. The number of nitrogens with zero attached hydrogens (tertiary/aromatic N) is 1. The van der Waals surface area contributed by atoms with Crippen LogP contribution in [0.5, 0.6) is 5.75 Å². The summed E-state index contributed by atoms with van der Waals surface area (Å²) in [5.41, 5.74) is 1.50. The first kappa shape index (κ1) is 26.1. The standard InChI is InChI=1S/C28H23Cl2N3O5S2/c1-38-13-5-2-11(3-6-13)19-20-14-9-15(23(20)39-25-24(19)40-28(37)32-25)22-21(14)26(35)33(27(22)36)10-18(34)31-12-4-7-16(29)17(30)8-12/h2-8,14-15,19-23H,9-10H2,1H3,(H,31,34)(H,32,37)/t14?,15?,19-,20?,21?,22?,23?/m1/s1. The average molecular weight is 617 g/mol. The van der Waals surface area contributed by atoms with Crippen LogP contribution in [0.3, 0.4) is 0 Å². The maximum atomic E-state index is 13.7. The summed E-state index contributed by atoms with van der Waals surface area (Å²) in [4.78, 5) is 57.6. The monoisotopic (exact) mass is 615 g/mol. The maximum Gasteiger partial charge on any atom is 0.305 e. The smallest absolute Gasteiger partial charge is 0.305 e. The molecule has 2 aromatic carbocycles. The zero-order chi connectivity index (χ0) is 27.9. The van der Waals surface area contributed by atoms with Gasteiger partial charge in [-0.05, 0) is 60.1 Å². The molecule has 0 spiro atoms. The number of fused-ring (bicyclic) bond motifs is 9. The van der Waals surface area contributed by atoms with Crippen LogP contribution in [0.4, 0.5) is 5.69 Å². The number of anilines is 1. The van der Waals surface area contributed by atoms with Crippen LogP contribution < -0.4 is 14.9 Å². The molecule has 2 aliphatic carbocycles. The van der Waals surface area contributed by atoms with E-state index in [-0.39, 0.29) is 52.2 Å². The van der Waals surface area contributed by atoms with Gasteiger partial charge in [0.25, 0.3) is 0 Å². The number of carbonyl (C=O) groups is 3. The average Bonchev–Trinajstić information content (AvgIpc) is 3.67. The molecule has 1 aromatic heterocycles. The highest BCUT2D eigenvalue weighted by Crippen LogP contribution is 2.68. The summed E-state index contributed by atoms with van der Waals surface area (Å²) in [6, 6.07) is 12.6. The van der Waals surface area contributed by atoms with E-state index in [1.54, 1.807) is 31.0 Å². The molecule has 7 rings (SSSR count). The van der Waals surface area contributed by atoms with Crippen molar-refractivity contribution >= 4 is 69.7 Å². The minimum Gasteiger partial charge on any atom is -0.497 e. The lowest BCUT2D eigenvalue weighted by Gasteiger charge is -2.43. The van der Waals surface area contributed by atoms with Crippen LogP contribution in [0.15, 0.2) is 52.3 Å². The number of nitrogens with one attached hydrogen (secondary N) is 2. The second kappa shape index (κ2) is 9.65. The lowest BCUT2D eigenvalue weighted by molar-refractivity contribution is -0.143. The molecule has 6 unspecified atom stereocenters. The fourth-order valence-corrected chi connectivity index (χ4v) is 10.5. The highest BCUT2D eigenvalue weighted by molar-refractivity contribution is 8.00. The summed E-state index contributed by atoms with van der Waals surface area (Å²) < 4.78 is 5.35. The van der Waals surface area contributed by atoms with Gasteiger partial charge in [-0.1, -0.05) is 46.7 Å². The second-order valence-electron chi connectivity index (χ2n) is 10.7. The number of hydrogen-bond acceptors (Lipinski definition) is 7. The minimum atomic E-state index is -0.477. The normalized spacial score (nSPS) is 29.8. The predicted octanol–water partition coefficient (Wildman–Crippen LogP) is 4.86. The maximum absolute atomic E-state index is 13.7. The van der Waals surface area contributed by atoms with Gasteiger partial charge in [0.15, 0.2) is 0 Å². The van der Waals surface area contributed by atoms with Gasteiger partial charge in [0, 0.05) is 21.7 Å². The van der Waals surface area contributed by atoms with Crippen LogP contribution in [-0.2, 0) is 14.4 Å². The number of carbonyl (C=O) groups excluding carboxylic acids is 3. The summed E-state index contributed by atoms with van der Waals surface area (Å²) in [6.45, 7) is -0.352. The first-order chi connectivity index (χ1) is 19.2. The minimum absolute atomic E-state index is 0.0121. The van der Waals surface area contributed by atoms with Crippen LogP contribution in [-0.4, -0.2) is 46.5 Å². The number of imide groups is 1. The molecule has 8 nitrogen and oxygen atoms in total. The van der Waals surface area contributed by atoms with Crippen molar-refractivity contribution < 1.29 is 19.1 Å². The fraction of sp³-hybridized carbons (Fsp3) is 0.357. The highest BCUT2D eigenvalue weighted by Gasteiger charge is 2.69. The summed E-state index contributed by atoms with van der Waals surface area (Å²) in [5.74, 6) is -1.23. The lowest BCUT2D eigenvalue weighted by Crippen LogP contribution is -2.42. The van der Waals surface area contributed by atoms with Gasteiger partial charge >= 0.3 is 4.87 Å². The number of aromatic amines is 1. The molecule has 3 amide bonds. The molecule has 7 atom stereocenters. The summed E-state index contributed by atoms with van der Waals surface area (Å²) in [6.07, 6.45) is 0.782. The number of rotatable bonds is 5. The Morgan fingerprint density at radius 3 is 2.48 bits per heavy atom. The predicted molar refractivity (Wildman–Crippen MR) is 153 cm³/mol. The molecule has 3 fully saturated rings. The van der Waals surface area contributed by atoms with Gasteiger partial charge in [0.1, 0.15) is 12.3 Å². The number of thiazole rings is 1. The van der Waals surface area contributed by atoms with Crippen molar-refractivity contribution in [3.63, 3.8) is 0 Å². The Morgan fingerprint density at radius 2 is 1.77 bits per heavy atom. The van der Waals surface area contributed by atoms with Crippen LogP contribution in [0.2, 0.25) is 10.0 Å². The third kappa shape index (κ3) is 3.94. The lowest BCUT2D eigenvalue weighted by atomic mass is 9.68. The van der Waals surface area contributed by atoms with Gasteiger partial charge in [0.2, 0.25) is 17.7 Å². The third-order valence-electron chi connectivity index (χ3n) is 8.80. The number of hydrogen-bond donors (Lipinski definition) is 2. The van der Waals surface area contributed by atoms with E-state index in [1.165, 1.54) is 17.4 Å². The number of aromatic nitrogens is 1. The molecule has 206 valence electrons. The van der Waals surface area contributed by atoms with Gasteiger partial charge in [-0.2, -0.15) is 0 Å². The Labute approximate surface area is 247 Å². The molecule has 3 heterocycles. The van der Waals surface area contributed by atoms with E-state index in [2.05, 4.69) is 10.3 Å². The first-order valence-electron chi connectivity index (χ1n) is 12.9. The van der Waals surface area contributed by atoms with Crippen molar-refractivity contribution in [3.8, 4) is 5.75 Å². The van der Waals surface area contributed by atoms with Gasteiger partial charge < -0.3 is 15.0 Å². The Kier molecular flexibility index (Phi) is 6.30. The molecular weight excluding hydrogens is 593 g/mol. The van der Waals surface area contributed by atoms with Crippen molar-refractivity contribution in [3.05, 3.63) is 72.6 Å². The molecule has 2 saturated carbocycles. The number of ether oxygens (including phenoxy) is 1. The van der Waals surface area contributed by atoms with Crippen molar-refractivity contribution in [1.82, 2.24) is 9.88 Å². The van der Waals surface area contributed by atoms with E-state index in [4.69, 9.17) is 27.9 Å². The van der Waals surface area contributed by atoms with E-state index in [0.29, 0.717) is 15.7 Å². The van der Waals surface area contributed by atoms with E-state index in [0.717, 1.165) is 32.5 Å². The first-order valence-corrected chi connectivity index (χ1v) is 15.3. The molecule has 40 heavy (non-hydrogen) atoms. The van der Waals surface area contributed by atoms with Crippen molar-refractivity contribution in [2.24, 2.45) is 29.6 Å². The Bertz CT molecular complexity index is 1620. The number of halogens is 2. The van der Waals surface area contributed by atoms with E-state index in [1.807, 2.05) is 24.3 Å². The third-order valence-corrected chi connectivity index (χ3v) is 12.1. The molecule has 2 N–H and O–H groups in total. The summed E-state index contributed by atoms with van der Waals surface area (Å²) in [5, 5.41) is 4.30. The van der Waals surface area contributed by atoms with Crippen molar-refractivity contribution in [2.75, 3.05) is 19.0 Å². The number of H-pyrrole nitrogens is 1. The summed E-state index contributed by atoms with van der Waals surface area (Å²) >= 11 is 14.9. The molecular formula is C28H23Cl2N3O5S2. The van der Waals surface area contributed by atoms with Crippen molar-refractivity contribution in [1.29, 1.82) is 0 Å². The molecule has 2 bridgehead atoms. The van der Waals surface area contributed by atoms with Gasteiger partial charge in [-0.15, -0.1) is 11.8 Å². The van der Waals surface area contributed by atoms with Crippen LogP contribution >= 0.6 is 46.3 Å². The molecule has 3 aromatic rings. The van der Waals surface area contributed by atoms with Gasteiger partial charge in [0.05, 0.1) is 34.0 Å². The Hall–Kier alpha value is -2.79. The highest BCUT2D eigenvalue weighted by atomic mass is 35.5. The topological polar surface area (TPSA) is 109 Å². The van der Waals surface area contributed by atoms with Crippen LogP contribution in [0.25, 0.3) is 0 Å². The number of benzene rings is 2. The Balaban J connectivity index is 1.18. The van der Waals surface area contributed by atoms with Crippen LogP contribution in [0.1, 0.15) is 22.8 Å². The van der Waals surface area contributed by atoms with Crippen molar-refractivity contribution in [2.45, 2.75) is 22.6 Å². The number of likely N-dealkylation sites (tertiary alicyclic amines) is 1. The summed E-state index contributed by atoms with van der Waals surface area (Å²) in [7, 11) is 1.62. The molecule has 4 aliphatic rings. The quantitative estimate of drug-likeness (QED) is 0.397. The fourth-order valence-electron chi connectivity index (χ4n) is 7.34. The van der Waals surface area contributed by atoms with Gasteiger partial charge in [-0.25, -0.2) is 0 Å². The van der Waals surface area contributed by atoms with E-state index in [9.17, 15) is 19.2 Å². The SMILES string of the molecule is COc1ccc([C@H]2c3sc(=O)[nH]c3SC3C4CC(C5C(=O)N(CC(=O)Nc6ccc(Cl)c(Cl)c6)C(=O)C45)C32)cc1. The van der Waals surface area contributed by atoms with Gasteiger partial charge in [-0.3, -0.25) is 24.1 Å². The zero-order valence-electron chi connectivity index (χ0n) is 21.1. The second-order valence-corrected chi connectivity index (χ2v) is 13.7. The number of thioether (sulfide) groups is 1. The molecule has 0 radical (unpaired) electrons. The number of amides is 3. The zero-order valence-corrected chi connectivity index (χ0v) is 24.2. The molecule has 1 saturated heterocycles. The number of methoxy groups -OCH3 is 1. The van der Waals surface area contributed by atoms with E-state index >= 15 is 0 Å². The van der Waals surface area contributed by atoms with E-state index < -0.39 is 17.7 Å². The molecule has 2 aliphatic heterocycles. The Morgan fingerprint density at radius 1 is 1.05 bits per heavy atom.